The van der Waals surface area contributed by atoms with Crippen LogP contribution in [0.4, 0.5) is 0 Å². The summed E-state index contributed by atoms with van der Waals surface area (Å²) in [5.41, 5.74) is 2.32. The predicted octanol–water partition coefficient (Wildman–Crippen LogP) is 1.25. The number of carbonyl (C=O) groups is 1. The lowest BCUT2D eigenvalue weighted by Gasteiger charge is -2.43. The lowest BCUT2D eigenvalue weighted by molar-refractivity contribution is -0.136. The van der Waals surface area contributed by atoms with Crippen LogP contribution in [-0.2, 0) is 17.9 Å². The van der Waals surface area contributed by atoms with Crippen molar-refractivity contribution in [3.8, 4) is 0 Å². The highest BCUT2D eigenvalue weighted by Crippen LogP contribution is 2.50. The van der Waals surface area contributed by atoms with Gasteiger partial charge in [0.15, 0.2) is 0 Å². The fraction of sp³-hybridized carbons (Fsp3) is 0.739. The van der Waals surface area contributed by atoms with Gasteiger partial charge < -0.3 is 14.8 Å². The van der Waals surface area contributed by atoms with E-state index in [1.807, 2.05) is 0 Å². The van der Waals surface area contributed by atoms with Crippen LogP contribution in [0.5, 0.6) is 0 Å². The minimum atomic E-state index is 0.213. The molecule has 5 atom stereocenters. The molecule has 6 nitrogen and oxygen atoms in total. The fourth-order valence-corrected chi connectivity index (χ4v) is 6.65. The number of nitrogens with zero attached hydrogens (tertiary/aromatic N) is 3. The molecule has 4 fully saturated rings. The normalized spacial score (nSPS) is 35.9. The molecule has 1 aromatic heterocycles. The highest BCUT2D eigenvalue weighted by atomic mass is 16.2. The summed E-state index contributed by atoms with van der Waals surface area (Å²) in [5, 5.41) is 3.39. The smallest absolute Gasteiger partial charge is 0.255 e. The molecule has 1 N–H and O–H groups in total. The molecule has 1 aliphatic carbocycles. The van der Waals surface area contributed by atoms with Crippen molar-refractivity contribution < 1.29 is 4.79 Å². The molecule has 6 rings (SSSR count). The number of nitrogens with one attached hydrogen (secondary N) is 1. The molecule has 2 bridgehead atoms. The van der Waals surface area contributed by atoms with Gasteiger partial charge in [0.25, 0.3) is 5.56 Å². The molecule has 3 saturated heterocycles. The van der Waals surface area contributed by atoms with Crippen molar-refractivity contribution in [1.82, 2.24) is 19.7 Å². The molecular formula is C23H32N4O2. The van der Waals surface area contributed by atoms with Crippen molar-refractivity contribution in [2.75, 3.05) is 39.3 Å². The standard InChI is InChI=1S/C23H32N4O2/c28-22-16(13-25-6-2-1-3-7-25)4-5-20-17-8-15(12-27(20)22)11-26(14-17)23(29)21-18-9-24-10-19(18)21/h4-5,15,17-19,21,24H,1-3,6-14H2/t15-,17+,18-,19+,21?/m0/s1. The SMILES string of the molecule is O=C(C1[C@H]2CNC[C@@H]12)N1C[C@@H]2C[C@H](C1)c1ccc(CN3CCCCC3)c(=O)n1C2. The molecule has 4 aliphatic heterocycles. The number of fused-ring (bicyclic) bond motifs is 5. The maximum absolute atomic E-state index is 13.2. The summed E-state index contributed by atoms with van der Waals surface area (Å²) in [4.78, 5) is 30.9. The molecule has 0 radical (unpaired) electrons. The van der Waals surface area contributed by atoms with E-state index in [0.717, 1.165) is 70.0 Å². The lowest BCUT2D eigenvalue weighted by Crippen LogP contribution is -2.50. The Morgan fingerprint density at radius 2 is 1.83 bits per heavy atom. The number of carbonyl (C=O) groups excluding carboxylic acids is 1. The van der Waals surface area contributed by atoms with E-state index in [1.54, 1.807) is 0 Å². The minimum absolute atomic E-state index is 0.213. The molecule has 1 saturated carbocycles. The van der Waals surface area contributed by atoms with Crippen LogP contribution in [0.2, 0.25) is 0 Å². The van der Waals surface area contributed by atoms with Crippen LogP contribution in [0.3, 0.4) is 0 Å². The van der Waals surface area contributed by atoms with Gasteiger partial charge in [0, 0.05) is 49.3 Å². The predicted molar refractivity (Wildman–Crippen MR) is 111 cm³/mol. The first kappa shape index (κ1) is 18.1. The maximum atomic E-state index is 13.2. The topological polar surface area (TPSA) is 57.6 Å². The fourth-order valence-electron chi connectivity index (χ4n) is 6.65. The molecule has 5 aliphatic rings. The van der Waals surface area contributed by atoms with Crippen molar-refractivity contribution >= 4 is 5.91 Å². The van der Waals surface area contributed by atoms with Crippen molar-refractivity contribution in [2.24, 2.45) is 23.7 Å². The summed E-state index contributed by atoms with van der Waals surface area (Å²) in [6, 6.07) is 4.26. The highest BCUT2D eigenvalue weighted by Gasteiger charge is 2.58. The van der Waals surface area contributed by atoms with Crippen LogP contribution in [0.1, 0.15) is 42.9 Å². The summed E-state index contributed by atoms with van der Waals surface area (Å²) >= 11 is 0. The van der Waals surface area contributed by atoms with Gasteiger partial charge in [-0.2, -0.15) is 0 Å². The summed E-state index contributed by atoms with van der Waals surface area (Å²) in [7, 11) is 0. The second kappa shape index (κ2) is 6.95. The van der Waals surface area contributed by atoms with E-state index < -0.39 is 0 Å². The first-order valence-corrected chi connectivity index (χ1v) is 11.6. The Bertz CT molecular complexity index is 864. The first-order valence-electron chi connectivity index (χ1n) is 11.6. The number of hydrogen-bond acceptors (Lipinski definition) is 4. The summed E-state index contributed by atoms with van der Waals surface area (Å²) in [5.74, 6) is 2.55. The van der Waals surface area contributed by atoms with Gasteiger partial charge in [0.1, 0.15) is 0 Å². The number of pyridine rings is 1. The Balaban J connectivity index is 1.20. The zero-order valence-electron chi connectivity index (χ0n) is 17.2. The van der Waals surface area contributed by atoms with Gasteiger partial charge in [0.05, 0.1) is 0 Å². The van der Waals surface area contributed by atoms with Gasteiger partial charge in [-0.15, -0.1) is 0 Å². The van der Waals surface area contributed by atoms with Crippen LogP contribution in [0.15, 0.2) is 16.9 Å². The van der Waals surface area contributed by atoms with Gasteiger partial charge in [0.2, 0.25) is 5.91 Å². The van der Waals surface area contributed by atoms with Gasteiger partial charge >= 0.3 is 0 Å². The summed E-state index contributed by atoms with van der Waals surface area (Å²) in [6.07, 6.45) is 4.93. The van der Waals surface area contributed by atoms with Gasteiger partial charge in [-0.05, 0) is 69.3 Å². The van der Waals surface area contributed by atoms with Crippen LogP contribution >= 0.6 is 0 Å². The highest BCUT2D eigenvalue weighted by molar-refractivity contribution is 5.83. The van der Waals surface area contributed by atoms with Crippen molar-refractivity contribution in [1.29, 1.82) is 0 Å². The van der Waals surface area contributed by atoms with Crippen LogP contribution < -0.4 is 10.9 Å². The Kier molecular flexibility index (Phi) is 4.34. The molecule has 156 valence electrons. The van der Waals surface area contributed by atoms with Crippen molar-refractivity contribution in [3.05, 3.63) is 33.7 Å². The van der Waals surface area contributed by atoms with Crippen molar-refractivity contribution in [3.63, 3.8) is 0 Å². The molecule has 0 spiro atoms. The van der Waals surface area contributed by atoms with E-state index in [0.29, 0.717) is 29.6 Å². The molecule has 1 unspecified atom stereocenters. The van der Waals surface area contributed by atoms with E-state index in [-0.39, 0.29) is 11.5 Å². The van der Waals surface area contributed by atoms with E-state index in [2.05, 4.69) is 31.8 Å². The number of likely N-dealkylation sites (tertiary alicyclic amines) is 2. The zero-order chi connectivity index (χ0) is 19.5. The van der Waals surface area contributed by atoms with Crippen LogP contribution in [0.25, 0.3) is 0 Å². The zero-order valence-corrected chi connectivity index (χ0v) is 17.2. The lowest BCUT2D eigenvalue weighted by atomic mass is 9.82. The monoisotopic (exact) mass is 396 g/mol. The van der Waals surface area contributed by atoms with E-state index >= 15 is 0 Å². The third kappa shape index (κ3) is 3.07. The average Bonchev–Trinajstić information content (AvgIpc) is 3.21. The van der Waals surface area contributed by atoms with Gasteiger partial charge in [-0.1, -0.05) is 12.5 Å². The number of amides is 1. The molecule has 5 heterocycles. The summed E-state index contributed by atoms with van der Waals surface area (Å²) < 4.78 is 2.05. The van der Waals surface area contributed by atoms with E-state index in [4.69, 9.17) is 0 Å². The Morgan fingerprint density at radius 3 is 2.62 bits per heavy atom. The second-order valence-corrected chi connectivity index (χ2v) is 10.1. The van der Waals surface area contributed by atoms with Crippen LogP contribution in [0, 0.1) is 23.7 Å². The second-order valence-electron chi connectivity index (χ2n) is 10.1. The third-order valence-electron chi connectivity index (χ3n) is 8.21. The molecular weight excluding hydrogens is 364 g/mol. The average molecular weight is 397 g/mol. The molecule has 0 aromatic carbocycles. The maximum Gasteiger partial charge on any atom is 0.255 e. The van der Waals surface area contributed by atoms with Gasteiger partial charge in [-0.25, -0.2) is 0 Å². The number of piperidine rings is 3. The number of rotatable bonds is 3. The first-order chi connectivity index (χ1) is 14.2. The number of aromatic nitrogens is 1. The van der Waals surface area contributed by atoms with Crippen LogP contribution in [-0.4, -0.2) is 59.5 Å². The molecule has 1 aromatic rings. The van der Waals surface area contributed by atoms with Crippen molar-refractivity contribution in [2.45, 2.75) is 44.7 Å². The Hall–Kier alpha value is -1.66. The third-order valence-corrected chi connectivity index (χ3v) is 8.21. The minimum Gasteiger partial charge on any atom is -0.341 e. The van der Waals surface area contributed by atoms with E-state index in [1.165, 1.54) is 19.3 Å². The number of hydrogen-bond donors (Lipinski definition) is 1. The van der Waals surface area contributed by atoms with E-state index in [9.17, 15) is 9.59 Å². The Labute approximate surface area is 172 Å². The van der Waals surface area contributed by atoms with Gasteiger partial charge in [-0.3, -0.25) is 14.5 Å². The summed E-state index contributed by atoms with van der Waals surface area (Å²) in [6.45, 7) is 7.45. The Morgan fingerprint density at radius 1 is 1.03 bits per heavy atom. The molecule has 1 amide bonds. The molecule has 29 heavy (non-hydrogen) atoms. The quantitative estimate of drug-likeness (QED) is 0.835. The molecule has 6 heteroatoms. The largest absolute Gasteiger partial charge is 0.341 e.